The third kappa shape index (κ3) is 7.90. The average Bonchev–Trinajstić information content (AvgIpc) is 3.33. The zero-order chi connectivity index (χ0) is 30.3. The molecule has 0 N–H and O–H groups in total. The Hall–Kier alpha value is -3.86. The van der Waals surface area contributed by atoms with Crippen molar-refractivity contribution >= 4 is 33.5 Å². The van der Waals surface area contributed by atoms with Crippen molar-refractivity contribution < 1.29 is 27.1 Å². The fraction of sp³-hybridized carbons (Fsp3) is 0.290. The molecule has 0 radical (unpaired) electrons. The third-order valence-corrected chi connectivity index (χ3v) is 8.60. The Balaban J connectivity index is 1.45. The van der Waals surface area contributed by atoms with E-state index in [0.29, 0.717) is 40.9 Å². The molecule has 3 aromatic carbocycles. The molecule has 0 aliphatic heterocycles. The molecule has 222 valence electrons. The molecule has 4 rings (SSSR count). The monoisotopic (exact) mass is 611 g/mol. The minimum atomic E-state index is -4.11. The fourth-order valence-electron chi connectivity index (χ4n) is 4.21. The van der Waals surface area contributed by atoms with Crippen molar-refractivity contribution in [3.05, 3.63) is 100 Å². The number of halogens is 1. The standard InChI is InChI=1S/C31H34ClN3O6S/c1-5-39-30(36)21-35(42(37,38)34(4)27-15-13-26(32)14-16-27)20-24-7-6-8-28(19-24)40-18-17-29-23(3)41-31(33-29)25-11-9-22(2)10-12-25/h6-16,19H,5,17-18,20-21H2,1-4H3. The van der Waals surface area contributed by atoms with E-state index >= 15 is 0 Å². The molecule has 4 aromatic rings. The maximum atomic E-state index is 13.6. The second kappa shape index (κ2) is 13.9. The lowest BCUT2D eigenvalue weighted by atomic mass is 10.1. The lowest BCUT2D eigenvalue weighted by molar-refractivity contribution is -0.143. The maximum absolute atomic E-state index is 13.6. The largest absolute Gasteiger partial charge is 0.493 e. The van der Waals surface area contributed by atoms with Gasteiger partial charge in [-0.3, -0.25) is 9.10 Å². The molecule has 11 heteroatoms. The quantitative estimate of drug-likeness (QED) is 0.171. The van der Waals surface area contributed by atoms with E-state index in [-0.39, 0.29) is 13.2 Å². The Morgan fingerprint density at radius 2 is 1.74 bits per heavy atom. The molecule has 1 heterocycles. The summed E-state index contributed by atoms with van der Waals surface area (Å²) < 4.78 is 46.3. The highest BCUT2D eigenvalue weighted by molar-refractivity contribution is 7.90. The predicted octanol–water partition coefficient (Wildman–Crippen LogP) is 5.98. The zero-order valence-corrected chi connectivity index (χ0v) is 25.6. The number of nitrogens with zero attached hydrogens (tertiary/aromatic N) is 3. The molecule has 0 saturated heterocycles. The van der Waals surface area contributed by atoms with Gasteiger partial charge in [0.1, 0.15) is 18.1 Å². The van der Waals surface area contributed by atoms with E-state index in [0.717, 1.165) is 31.2 Å². The molecular formula is C31H34ClN3O6S. The van der Waals surface area contributed by atoms with Crippen molar-refractivity contribution in [2.75, 3.05) is 31.1 Å². The van der Waals surface area contributed by atoms with Crippen LogP contribution < -0.4 is 9.04 Å². The first-order chi connectivity index (χ1) is 20.1. The van der Waals surface area contributed by atoms with Gasteiger partial charge in [0.15, 0.2) is 0 Å². The summed E-state index contributed by atoms with van der Waals surface area (Å²) in [6.45, 7) is 5.53. The van der Waals surface area contributed by atoms with Gasteiger partial charge in [-0.1, -0.05) is 41.4 Å². The Morgan fingerprint density at radius 3 is 2.43 bits per heavy atom. The minimum Gasteiger partial charge on any atom is -0.493 e. The normalized spacial score (nSPS) is 11.5. The highest BCUT2D eigenvalue weighted by Crippen LogP contribution is 2.25. The first-order valence-corrected chi connectivity index (χ1v) is 15.2. The summed E-state index contributed by atoms with van der Waals surface area (Å²) in [6.07, 6.45) is 0.528. The van der Waals surface area contributed by atoms with E-state index in [4.69, 9.17) is 25.5 Å². The highest BCUT2D eigenvalue weighted by atomic mass is 35.5. The number of esters is 1. The van der Waals surface area contributed by atoms with Gasteiger partial charge in [0, 0.05) is 30.6 Å². The molecule has 0 amide bonds. The Labute approximate surface area is 251 Å². The van der Waals surface area contributed by atoms with E-state index in [1.54, 1.807) is 55.5 Å². The number of oxazole rings is 1. The summed E-state index contributed by atoms with van der Waals surface area (Å²) in [7, 11) is -2.69. The molecule has 0 bridgehead atoms. The van der Waals surface area contributed by atoms with E-state index in [1.165, 1.54) is 7.05 Å². The first-order valence-electron chi connectivity index (χ1n) is 13.5. The van der Waals surface area contributed by atoms with Gasteiger partial charge in [-0.05, 0) is 74.9 Å². The lowest BCUT2D eigenvalue weighted by Crippen LogP contribution is -2.44. The van der Waals surface area contributed by atoms with Crippen LogP contribution in [0.1, 0.15) is 29.5 Å². The van der Waals surface area contributed by atoms with Gasteiger partial charge < -0.3 is 13.9 Å². The number of carbonyl (C=O) groups excluding carboxylic acids is 1. The van der Waals surface area contributed by atoms with E-state index in [9.17, 15) is 13.2 Å². The summed E-state index contributed by atoms with van der Waals surface area (Å²) in [6, 6.07) is 21.5. The van der Waals surface area contributed by atoms with Crippen LogP contribution in [0.5, 0.6) is 5.75 Å². The molecule has 0 fully saturated rings. The number of rotatable bonds is 13. The number of anilines is 1. The number of benzene rings is 3. The molecule has 9 nitrogen and oxygen atoms in total. The molecule has 1 aromatic heterocycles. The summed E-state index contributed by atoms with van der Waals surface area (Å²) in [5.41, 5.74) is 3.92. The van der Waals surface area contributed by atoms with Gasteiger partial charge in [0.05, 0.1) is 24.6 Å². The molecule has 0 spiro atoms. The van der Waals surface area contributed by atoms with Crippen molar-refractivity contribution in [3.63, 3.8) is 0 Å². The van der Waals surface area contributed by atoms with Gasteiger partial charge in [-0.15, -0.1) is 0 Å². The van der Waals surface area contributed by atoms with Crippen LogP contribution in [0.3, 0.4) is 0 Å². The highest BCUT2D eigenvalue weighted by Gasteiger charge is 2.30. The maximum Gasteiger partial charge on any atom is 0.321 e. The molecule has 0 aliphatic carbocycles. The molecular weight excluding hydrogens is 578 g/mol. The van der Waals surface area contributed by atoms with Crippen LogP contribution in [0.25, 0.3) is 11.5 Å². The average molecular weight is 612 g/mol. The molecule has 0 atom stereocenters. The number of aryl methyl sites for hydroxylation is 2. The van der Waals surface area contributed by atoms with E-state index in [2.05, 4.69) is 4.98 Å². The molecule has 0 aliphatic rings. The van der Waals surface area contributed by atoms with Crippen molar-refractivity contribution in [1.82, 2.24) is 9.29 Å². The van der Waals surface area contributed by atoms with Crippen LogP contribution in [-0.4, -0.2) is 50.5 Å². The van der Waals surface area contributed by atoms with Crippen molar-refractivity contribution in [2.24, 2.45) is 0 Å². The van der Waals surface area contributed by atoms with Crippen LogP contribution in [0.2, 0.25) is 5.02 Å². The topological polar surface area (TPSA) is 102 Å². The van der Waals surface area contributed by atoms with Gasteiger partial charge >= 0.3 is 16.2 Å². The Kier molecular flexibility index (Phi) is 10.3. The number of carbonyl (C=O) groups is 1. The van der Waals surface area contributed by atoms with Gasteiger partial charge in [0.25, 0.3) is 0 Å². The predicted molar refractivity (Wildman–Crippen MR) is 163 cm³/mol. The van der Waals surface area contributed by atoms with Crippen LogP contribution in [0.4, 0.5) is 5.69 Å². The minimum absolute atomic E-state index is 0.0709. The summed E-state index contributed by atoms with van der Waals surface area (Å²) in [4.78, 5) is 17.0. The van der Waals surface area contributed by atoms with Crippen LogP contribution in [0, 0.1) is 13.8 Å². The second-order valence-electron chi connectivity index (χ2n) is 9.66. The van der Waals surface area contributed by atoms with Crippen molar-refractivity contribution in [1.29, 1.82) is 0 Å². The van der Waals surface area contributed by atoms with E-state index in [1.807, 2.05) is 38.1 Å². The van der Waals surface area contributed by atoms with Gasteiger partial charge in [-0.25, -0.2) is 4.98 Å². The van der Waals surface area contributed by atoms with Crippen molar-refractivity contribution in [2.45, 2.75) is 33.7 Å². The first kappa shape index (κ1) is 31.1. The summed E-state index contributed by atoms with van der Waals surface area (Å²) in [5, 5.41) is 0.482. The third-order valence-electron chi connectivity index (χ3n) is 6.53. The molecule has 0 saturated carbocycles. The van der Waals surface area contributed by atoms with Crippen LogP contribution in [0.15, 0.2) is 77.2 Å². The number of aromatic nitrogens is 1. The second-order valence-corrected chi connectivity index (χ2v) is 12.1. The zero-order valence-electron chi connectivity index (χ0n) is 24.0. The summed E-state index contributed by atoms with van der Waals surface area (Å²) >= 11 is 5.97. The van der Waals surface area contributed by atoms with E-state index < -0.39 is 22.7 Å². The molecule has 0 unspecified atom stereocenters. The Morgan fingerprint density at radius 1 is 1.02 bits per heavy atom. The Bertz CT molecular complexity index is 1600. The number of hydrogen-bond donors (Lipinski definition) is 0. The van der Waals surface area contributed by atoms with Crippen LogP contribution in [-0.2, 0) is 32.7 Å². The summed E-state index contributed by atoms with van der Waals surface area (Å²) in [5.74, 6) is 1.21. The van der Waals surface area contributed by atoms with Gasteiger partial charge in [0.2, 0.25) is 5.89 Å². The van der Waals surface area contributed by atoms with Gasteiger partial charge in [-0.2, -0.15) is 12.7 Å². The molecule has 42 heavy (non-hydrogen) atoms. The van der Waals surface area contributed by atoms with Crippen LogP contribution >= 0.6 is 11.6 Å². The van der Waals surface area contributed by atoms with Crippen molar-refractivity contribution in [3.8, 4) is 17.2 Å². The smallest absolute Gasteiger partial charge is 0.321 e. The fourth-order valence-corrected chi connectivity index (χ4v) is 5.65. The SMILES string of the molecule is CCOC(=O)CN(Cc1cccc(OCCc2nc(-c3ccc(C)cc3)oc2C)c1)S(=O)(=O)N(C)c1ccc(Cl)cc1. The lowest BCUT2D eigenvalue weighted by Gasteiger charge is -2.28. The number of hydrogen-bond acceptors (Lipinski definition) is 7. The number of ether oxygens (including phenoxy) is 2.